The van der Waals surface area contributed by atoms with E-state index in [0.717, 1.165) is 35.8 Å². The summed E-state index contributed by atoms with van der Waals surface area (Å²) in [5.74, 6) is 0.713. The van der Waals surface area contributed by atoms with Crippen molar-refractivity contribution in [3.05, 3.63) is 78.1 Å². The monoisotopic (exact) mass is 359 g/mol. The van der Waals surface area contributed by atoms with E-state index in [2.05, 4.69) is 52.3 Å². The van der Waals surface area contributed by atoms with Gasteiger partial charge in [-0.25, -0.2) is 0 Å². The third kappa shape index (κ3) is 4.01. The highest BCUT2D eigenvalue weighted by Crippen LogP contribution is 2.27. The molecular formula is C23H25N3O. The maximum absolute atomic E-state index is 12.8. The maximum Gasteiger partial charge on any atom is 0.236 e. The van der Waals surface area contributed by atoms with Gasteiger partial charge in [-0.05, 0) is 41.5 Å². The molecule has 1 aliphatic rings. The van der Waals surface area contributed by atoms with E-state index in [4.69, 9.17) is 0 Å². The van der Waals surface area contributed by atoms with Crippen molar-refractivity contribution in [1.29, 1.82) is 0 Å². The summed E-state index contributed by atoms with van der Waals surface area (Å²) in [6.45, 7) is 3.06. The number of aromatic nitrogens is 1. The summed E-state index contributed by atoms with van der Waals surface area (Å²) in [6, 6.07) is 18.8. The van der Waals surface area contributed by atoms with E-state index in [1.54, 1.807) is 0 Å². The number of carbonyl (C=O) groups excluding carboxylic acids is 1. The average molecular weight is 359 g/mol. The summed E-state index contributed by atoms with van der Waals surface area (Å²) in [5.41, 5.74) is 2.54. The van der Waals surface area contributed by atoms with Crippen LogP contribution in [0.1, 0.15) is 23.5 Å². The van der Waals surface area contributed by atoms with Crippen LogP contribution in [0.5, 0.6) is 0 Å². The number of benzene rings is 2. The minimum atomic E-state index is 0.176. The van der Waals surface area contributed by atoms with E-state index in [9.17, 15) is 4.79 Å². The van der Waals surface area contributed by atoms with Gasteiger partial charge in [-0.2, -0.15) is 0 Å². The molecule has 3 aromatic rings. The van der Waals surface area contributed by atoms with Gasteiger partial charge >= 0.3 is 0 Å². The van der Waals surface area contributed by atoms with E-state index in [0.29, 0.717) is 19.0 Å². The third-order valence-corrected chi connectivity index (χ3v) is 5.51. The molecule has 0 N–H and O–H groups in total. The van der Waals surface area contributed by atoms with Crippen molar-refractivity contribution < 1.29 is 4.79 Å². The first-order valence-corrected chi connectivity index (χ1v) is 9.53. The minimum absolute atomic E-state index is 0.176. The van der Waals surface area contributed by atoms with Gasteiger partial charge < -0.3 is 4.90 Å². The Balaban J connectivity index is 1.37. The normalized spacial score (nSPS) is 17.3. The van der Waals surface area contributed by atoms with Crippen LogP contribution in [0, 0.1) is 0 Å². The van der Waals surface area contributed by atoms with Gasteiger partial charge in [-0.1, -0.05) is 48.5 Å². The molecule has 27 heavy (non-hydrogen) atoms. The molecule has 0 unspecified atom stereocenters. The second kappa shape index (κ2) is 7.89. The highest BCUT2D eigenvalue weighted by Gasteiger charge is 2.26. The highest BCUT2D eigenvalue weighted by molar-refractivity contribution is 5.85. The van der Waals surface area contributed by atoms with Crippen molar-refractivity contribution in [2.75, 3.05) is 26.7 Å². The standard InChI is InChI=1S/C23H25N3O/c1-25(15-21-9-5-8-19-14-24-12-10-22(19)21)23(27)17-26-13-11-20(16-26)18-6-3-2-4-7-18/h2-10,12,14,20H,11,13,15-17H2,1H3/t20-/m1/s1. The topological polar surface area (TPSA) is 36.4 Å². The fraction of sp³-hybridized carbons (Fsp3) is 0.304. The predicted molar refractivity (Wildman–Crippen MR) is 108 cm³/mol. The SMILES string of the molecule is CN(Cc1cccc2cnccc12)C(=O)CN1CC[C@@H](c2ccccc2)C1. The molecule has 2 heterocycles. The summed E-state index contributed by atoms with van der Waals surface area (Å²) in [6.07, 6.45) is 4.80. The molecule has 4 rings (SSSR count). The Morgan fingerprint density at radius 3 is 2.85 bits per heavy atom. The number of nitrogens with zero attached hydrogens (tertiary/aromatic N) is 3. The number of likely N-dealkylation sites (tertiary alicyclic amines) is 1. The lowest BCUT2D eigenvalue weighted by Gasteiger charge is -2.22. The number of amides is 1. The molecule has 4 heteroatoms. The summed E-state index contributed by atoms with van der Waals surface area (Å²) < 4.78 is 0. The summed E-state index contributed by atoms with van der Waals surface area (Å²) >= 11 is 0. The molecule has 1 saturated heterocycles. The van der Waals surface area contributed by atoms with E-state index in [1.807, 2.05) is 36.5 Å². The smallest absolute Gasteiger partial charge is 0.236 e. The van der Waals surface area contributed by atoms with Crippen molar-refractivity contribution in [3.63, 3.8) is 0 Å². The first-order chi connectivity index (χ1) is 13.2. The third-order valence-electron chi connectivity index (χ3n) is 5.51. The summed E-state index contributed by atoms with van der Waals surface area (Å²) in [4.78, 5) is 21.1. The Hall–Kier alpha value is -2.72. The van der Waals surface area contributed by atoms with E-state index in [-0.39, 0.29) is 5.91 Å². The quantitative estimate of drug-likeness (QED) is 0.697. The summed E-state index contributed by atoms with van der Waals surface area (Å²) in [5, 5.41) is 2.28. The zero-order valence-corrected chi connectivity index (χ0v) is 15.7. The Labute approximate surface area is 160 Å². The number of carbonyl (C=O) groups is 1. The molecule has 1 fully saturated rings. The molecule has 4 nitrogen and oxygen atoms in total. The minimum Gasteiger partial charge on any atom is -0.340 e. The molecule has 1 aliphatic heterocycles. The van der Waals surface area contributed by atoms with Crippen LogP contribution >= 0.6 is 0 Å². The van der Waals surface area contributed by atoms with Crippen LogP contribution in [0.3, 0.4) is 0 Å². The Bertz CT molecular complexity index is 920. The van der Waals surface area contributed by atoms with Crippen molar-refractivity contribution in [2.45, 2.75) is 18.9 Å². The fourth-order valence-electron chi connectivity index (χ4n) is 3.96. The lowest BCUT2D eigenvalue weighted by Crippen LogP contribution is -2.37. The molecule has 0 aliphatic carbocycles. The number of likely N-dealkylation sites (N-methyl/N-ethyl adjacent to an activating group) is 1. The Morgan fingerprint density at radius 1 is 1.15 bits per heavy atom. The van der Waals surface area contributed by atoms with Crippen LogP contribution in [-0.4, -0.2) is 47.4 Å². The van der Waals surface area contributed by atoms with Gasteiger partial charge in [0.1, 0.15) is 0 Å². The van der Waals surface area contributed by atoms with Crippen LogP contribution < -0.4 is 0 Å². The van der Waals surface area contributed by atoms with Crippen LogP contribution in [0.25, 0.3) is 10.8 Å². The molecule has 1 atom stereocenters. The van der Waals surface area contributed by atoms with Gasteiger partial charge in [0.25, 0.3) is 0 Å². The number of hydrogen-bond acceptors (Lipinski definition) is 3. The number of rotatable bonds is 5. The first kappa shape index (κ1) is 17.7. The predicted octanol–water partition coefficient (Wildman–Crippen LogP) is 3.68. The molecule has 0 saturated carbocycles. The second-order valence-electron chi connectivity index (χ2n) is 7.40. The van der Waals surface area contributed by atoms with Crippen molar-refractivity contribution in [2.24, 2.45) is 0 Å². The molecule has 0 spiro atoms. The molecular weight excluding hydrogens is 334 g/mol. The van der Waals surface area contributed by atoms with Crippen LogP contribution in [0.2, 0.25) is 0 Å². The number of hydrogen-bond donors (Lipinski definition) is 0. The lowest BCUT2D eigenvalue weighted by atomic mass is 9.99. The number of fused-ring (bicyclic) bond motifs is 1. The van der Waals surface area contributed by atoms with Crippen molar-refractivity contribution in [3.8, 4) is 0 Å². The molecule has 1 aromatic heterocycles. The second-order valence-corrected chi connectivity index (χ2v) is 7.40. The first-order valence-electron chi connectivity index (χ1n) is 9.53. The summed E-state index contributed by atoms with van der Waals surface area (Å²) in [7, 11) is 1.90. The molecule has 0 radical (unpaired) electrons. The zero-order valence-electron chi connectivity index (χ0n) is 15.7. The van der Waals surface area contributed by atoms with Crippen LogP contribution in [-0.2, 0) is 11.3 Å². The Morgan fingerprint density at radius 2 is 2.00 bits per heavy atom. The highest BCUT2D eigenvalue weighted by atomic mass is 16.2. The van der Waals surface area contributed by atoms with Gasteiger partial charge in [0.2, 0.25) is 5.91 Å². The van der Waals surface area contributed by atoms with Crippen LogP contribution in [0.4, 0.5) is 0 Å². The van der Waals surface area contributed by atoms with E-state index < -0.39 is 0 Å². The van der Waals surface area contributed by atoms with E-state index >= 15 is 0 Å². The average Bonchev–Trinajstić information content (AvgIpc) is 3.17. The largest absolute Gasteiger partial charge is 0.340 e. The van der Waals surface area contributed by atoms with Crippen molar-refractivity contribution >= 4 is 16.7 Å². The zero-order chi connectivity index (χ0) is 18.6. The molecule has 0 bridgehead atoms. The van der Waals surface area contributed by atoms with Gasteiger partial charge in [0.15, 0.2) is 0 Å². The molecule has 1 amide bonds. The molecule has 2 aromatic carbocycles. The van der Waals surface area contributed by atoms with Crippen LogP contribution in [0.15, 0.2) is 67.0 Å². The fourth-order valence-corrected chi connectivity index (χ4v) is 3.96. The number of pyridine rings is 1. The van der Waals surface area contributed by atoms with Gasteiger partial charge in [0, 0.05) is 37.9 Å². The Kier molecular flexibility index (Phi) is 5.16. The van der Waals surface area contributed by atoms with Crippen molar-refractivity contribution in [1.82, 2.24) is 14.8 Å². The maximum atomic E-state index is 12.8. The molecule has 138 valence electrons. The lowest BCUT2D eigenvalue weighted by molar-refractivity contribution is -0.131. The van der Waals surface area contributed by atoms with E-state index in [1.165, 1.54) is 5.56 Å². The van der Waals surface area contributed by atoms with Gasteiger partial charge in [0.05, 0.1) is 6.54 Å². The van der Waals surface area contributed by atoms with Gasteiger partial charge in [-0.3, -0.25) is 14.7 Å². The van der Waals surface area contributed by atoms with Gasteiger partial charge in [-0.15, -0.1) is 0 Å².